The molecule has 0 spiro atoms. The molecule has 1 heterocycles. The van der Waals surface area contributed by atoms with Crippen molar-refractivity contribution in [2.45, 2.75) is 11.8 Å². The van der Waals surface area contributed by atoms with Gasteiger partial charge in [0.2, 0.25) is 0 Å². The predicted octanol–water partition coefficient (Wildman–Crippen LogP) is 2.21. The topological polar surface area (TPSA) is 116 Å². The van der Waals surface area contributed by atoms with Crippen LogP contribution >= 0.6 is 11.6 Å². The van der Waals surface area contributed by atoms with Gasteiger partial charge in [-0.25, -0.2) is 13.2 Å². The summed E-state index contributed by atoms with van der Waals surface area (Å²) < 4.78 is 34.0. The van der Waals surface area contributed by atoms with Gasteiger partial charge in [0.1, 0.15) is 4.90 Å². The summed E-state index contributed by atoms with van der Waals surface area (Å²) in [5.74, 6) is -0.122. The fourth-order valence-electron chi connectivity index (χ4n) is 2.34. The highest BCUT2D eigenvalue weighted by atomic mass is 35.5. The molecule has 1 N–H and O–H groups in total. The fraction of sp³-hybridized carbons (Fsp3) is 0.125. The molecule has 0 unspecified atom stereocenters. The Hall–Kier alpha value is -2.98. The van der Waals surface area contributed by atoms with Crippen LogP contribution in [0.4, 0.5) is 5.69 Å². The summed E-state index contributed by atoms with van der Waals surface area (Å²) in [6.07, 6.45) is 0. The molecule has 0 bridgehead atoms. The van der Waals surface area contributed by atoms with Crippen molar-refractivity contribution in [2.24, 2.45) is 0 Å². The average Bonchev–Trinajstić information content (AvgIpc) is 3.07. The molecule has 0 saturated heterocycles. The minimum atomic E-state index is -4.05. The standard InChI is InChI=1S/C16H14ClN5O4S/c1-10-18-20-21-22(10)13-5-3-4-12(9-13)19-27(24,25)15-8-11(16(23)26-2)6-7-14(15)17/h3-9,19H,1-2H3. The first-order valence-electron chi connectivity index (χ1n) is 7.58. The number of carbonyl (C=O) groups excluding carboxylic acids is 1. The minimum absolute atomic E-state index is 0.0253. The van der Waals surface area contributed by atoms with Crippen molar-refractivity contribution < 1.29 is 17.9 Å². The third-order valence-electron chi connectivity index (χ3n) is 3.61. The molecule has 27 heavy (non-hydrogen) atoms. The second kappa shape index (κ2) is 7.33. The zero-order valence-corrected chi connectivity index (χ0v) is 15.8. The van der Waals surface area contributed by atoms with Crippen LogP contribution in [0.3, 0.4) is 0 Å². The normalized spacial score (nSPS) is 11.2. The molecule has 0 amide bonds. The Morgan fingerprint density at radius 3 is 2.67 bits per heavy atom. The van der Waals surface area contributed by atoms with E-state index in [4.69, 9.17) is 11.6 Å². The van der Waals surface area contributed by atoms with Crippen molar-refractivity contribution in [2.75, 3.05) is 11.8 Å². The highest BCUT2D eigenvalue weighted by Gasteiger charge is 2.21. The number of ether oxygens (including phenoxy) is 1. The summed E-state index contributed by atoms with van der Waals surface area (Å²) in [6.45, 7) is 1.72. The van der Waals surface area contributed by atoms with Gasteiger partial charge in [-0.15, -0.1) is 5.10 Å². The molecule has 140 valence electrons. The van der Waals surface area contributed by atoms with Gasteiger partial charge in [-0.3, -0.25) is 4.72 Å². The zero-order chi connectivity index (χ0) is 19.6. The average molecular weight is 408 g/mol. The Labute approximate surface area is 160 Å². The van der Waals surface area contributed by atoms with E-state index in [1.54, 1.807) is 31.2 Å². The molecular formula is C16H14ClN5O4S. The Balaban J connectivity index is 1.96. The van der Waals surface area contributed by atoms with Gasteiger partial charge in [-0.2, -0.15) is 4.68 Å². The van der Waals surface area contributed by atoms with Crippen LogP contribution in [0.25, 0.3) is 5.69 Å². The summed E-state index contributed by atoms with van der Waals surface area (Å²) in [4.78, 5) is 11.4. The third kappa shape index (κ3) is 3.91. The van der Waals surface area contributed by atoms with Crippen LogP contribution in [0.15, 0.2) is 47.4 Å². The van der Waals surface area contributed by atoms with Crippen LogP contribution in [0.1, 0.15) is 16.2 Å². The molecule has 9 nitrogen and oxygen atoms in total. The number of aromatic nitrogens is 4. The lowest BCUT2D eigenvalue weighted by Gasteiger charge is -2.12. The van der Waals surface area contributed by atoms with E-state index in [1.165, 1.54) is 23.9 Å². The number of tetrazole rings is 1. The number of methoxy groups -OCH3 is 1. The first-order valence-corrected chi connectivity index (χ1v) is 9.44. The molecule has 0 atom stereocenters. The zero-order valence-electron chi connectivity index (χ0n) is 14.2. The number of esters is 1. The van der Waals surface area contributed by atoms with Gasteiger partial charge < -0.3 is 4.74 Å². The molecule has 11 heteroatoms. The largest absolute Gasteiger partial charge is 0.465 e. The second-order valence-corrected chi connectivity index (χ2v) is 7.49. The fourth-order valence-corrected chi connectivity index (χ4v) is 3.91. The van der Waals surface area contributed by atoms with E-state index in [9.17, 15) is 13.2 Å². The van der Waals surface area contributed by atoms with E-state index in [2.05, 4.69) is 25.0 Å². The lowest BCUT2D eigenvalue weighted by molar-refractivity contribution is 0.0600. The molecule has 0 aliphatic rings. The lowest BCUT2D eigenvalue weighted by Crippen LogP contribution is -2.15. The molecule has 0 fully saturated rings. The SMILES string of the molecule is COC(=O)c1ccc(Cl)c(S(=O)(=O)Nc2cccc(-n3nnnc3C)c2)c1. The number of rotatable bonds is 5. The third-order valence-corrected chi connectivity index (χ3v) is 5.47. The van der Waals surface area contributed by atoms with E-state index in [0.29, 0.717) is 11.5 Å². The van der Waals surface area contributed by atoms with Gasteiger partial charge in [0.15, 0.2) is 5.82 Å². The van der Waals surface area contributed by atoms with Gasteiger partial charge >= 0.3 is 5.97 Å². The molecule has 3 aromatic rings. The maximum absolute atomic E-state index is 12.8. The quantitative estimate of drug-likeness (QED) is 0.644. The first kappa shape index (κ1) is 18.8. The monoisotopic (exact) mass is 407 g/mol. The summed E-state index contributed by atoms with van der Waals surface area (Å²) >= 11 is 6.03. The van der Waals surface area contributed by atoms with Crippen molar-refractivity contribution in [3.05, 3.63) is 58.9 Å². The molecule has 0 saturated carbocycles. The van der Waals surface area contributed by atoms with Gasteiger partial charge in [0.25, 0.3) is 10.0 Å². The van der Waals surface area contributed by atoms with Crippen LogP contribution in [-0.2, 0) is 14.8 Å². The van der Waals surface area contributed by atoms with E-state index < -0.39 is 16.0 Å². The summed E-state index contributed by atoms with van der Waals surface area (Å²) in [7, 11) is -2.85. The molecular weight excluding hydrogens is 394 g/mol. The molecule has 0 aliphatic heterocycles. The summed E-state index contributed by atoms with van der Waals surface area (Å²) in [5, 5.41) is 11.2. The summed E-state index contributed by atoms with van der Waals surface area (Å²) in [5.41, 5.74) is 0.925. The smallest absolute Gasteiger partial charge is 0.337 e. The maximum Gasteiger partial charge on any atom is 0.337 e. The first-order chi connectivity index (χ1) is 12.8. The second-order valence-electron chi connectivity index (χ2n) is 5.43. The minimum Gasteiger partial charge on any atom is -0.465 e. The van der Waals surface area contributed by atoms with Crippen LogP contribution in [-0.4, -0.2) is 41.7 Å². The summed E-state index contributed by atoms with van der Waals surface area (Å²) in [6, 6.07) is 10.4. The van der Waals surface area contributed by atoms with Gasteiger partial charge in [-0.05, 0) is 53.7 Å². The molecule has 2 aromatic carbocycles. The number of hydrogen-bond acceptors (Lipinski definition) is 7. The number of halogens is 1. The lowest BCUT2D eigenvalue weighted by atomic mass is 10.2. The van der Waals surface area contributed by atoms with E-state index in [-0.39, 0.29) is 21.2 Å². The van der Waals surface area contributed by atoms with Gasteiger partial charge in [-0.1, -0.05) is 17.7 Å². The number of nitrogens with one attached hydrogen (secondary N) is 1. The van der Waals surface area contributed by atoms with Crippen LogP contribution in [0, 0.1) is 6.92 Å². The Bertz CT molecular complexity index is 1110. The molecule has 1 aromatic heterocycles. The highest BCUT2D eigenvalue weighted by Crippen LogP contribution is 2.26. The van der Waals surface area contributed by atoms with E-state index >= 15 is 0 Å². The molecule has 3 rings (SSSR count). The van der Waals surface area contributed by atoms with Gasteiger partial charge in [0, 0.05) is 0 Å². The number of carbonyl (C=O) groups is 1. The van der Waals surface area contributed by atoms with Crippen LogP contribution in [0.2, 0.25) is 5.02 Å². The van der Waals surface area contributed by atoms with E-state index in [1.807, 2.05) is 0 Å². The predicted molar refractivity (Wildman–Crippen MR) is 97.5 cm³/mol. The van der Waals surface area contributed by atoms with Crippen LogP contribution < -0.4 is 4.72 Å². The van der Waals surface area contributed by atoms with E-state index in [0.717, 1.165) is 6.07 Å². The van der Waals surface area contributed by atoms with Crippen molar-refractivity contribution in [1.82, 2.24) is 20.2 Å². The van der Waals surface area contributed by atoms with Crippen LogP contribution in [0.5, 0.6) is 0 Å². The Kier molecular flexibility index (Phi) is 5.10. The number of benzene rings is 2. The number of nitrogens with zero attached hydrogens (tertiary/aromatic N) is 4. The maximum atomic E-state index is 12.8. The number of sulfonamides is 1. The van der Waals surface area contributed by atoms with Crippen molar-refractivity contribution in [1.29, 1.82) is 0 Å². The number of hydrogen-bond donors (Lipinski definition) is 1. The Morgan fingerprint density at radius 2 is 2.00 bits per heavy atom. The van der Waals surface area contributed by atoms with Crippen molar-refractivity contribution in [3.63, 3.8) is 0 Å². The highest BCUT2D eigenvalue weighted by molar-refractivity contribution is 7.92. The van der Waals surface area contributed by atoms with Crippen molar-refractivity contribution in [3.8, 4) is 5.69 Å². The molecule has 0 aliphatic carbocycles. The van der Waals surface area contributed by atoms with Gasteiger partial charge in [0.05, 0.1) is 29.1 Å². The number of aryl methyl sites for hydroxylation is 1. The van der Waals surface area contributed by atoms with Crippen molar-refractivity contribution >= 4 is 33.3 Å². The number of anilines is 1. The molecule has 0 radical (unpaired) electrons. The Morgan fingerprint density at radius 1 is 1.22 bits per heavy atom.